The van der Waals surface area contributed by atoms with Crippen LogP contribution in [0.3, 0.4) is 0 Å². The first kappa shape index (κ1) is 16.1. The van der Waals surface area contributed by atoms with Crippen LogP contribution in [-0.4, -0.2) is 11.9 Å². The fourth-order valence-corrected chi connectivity index (χ4v) is 2.77. The number of anilines is 1. The van der Waals surface area contributed by atoms with Gasteiger partial charge >= 0.3 is 6.18 Å². The Morgan fingerprint density at radius 1 is 1.29 bits per heavy atom. The van der Waals surface area contributed by atoms with Crippen molar-refractivity contribution in [3.63, 3.8) is 0 Å². The number of nitrogens with one attached hydrogen (secondary N) is 1. The van der Waals surface area contributed by atoms with Crippen LogP contribution in [-0.2, 0) is 11.0 Å². The van der Waals surface area contributed by atoms with Gasteiger partial charge in [-0.05, 0) is 37.5 Å². The smallest absolute Gasteiger partial charge is 0.328 e. The molecule has 2 unspecified atom stereocenters. The van der Waals surface area contributed by atoms with Crippen molar-refractivity contribution in [3.05, 3.63) is 28.8 Å². The summed E-state index contributed by atoms with van der Waals surface area (Å²) in [7, 11) is 0. The number of rotatable bonds is 2. The second-order valence-electron chi connectivity index (χ2n) is 5.34. The number of carbonyl (C=O) groups excluding carboxylic acids is 1. The van der Waals surface area contributed by atoms with E-state index in [1.165, 1.54) is 6.07 Å². The first-order valence-corrected chi connectivity index (χ1v) is 7.08. The zero-order valence-electron chi connectivity index (χ0n) is 11.2. The van der Waals surface area contributed by atoms with Crippen molar-refractivity contribution < 1.29 is 18.0 Å². The molecule has 3 nitrogen and oxygen atoms in total. The Labute approximate surface area is 125 Å². The maximum Gasteiger partial charge on any atom is 0.416 e. The Morgan fingerprint density at radius 3 is 2.62 bits per heavy atom. The molecule has 1 amide bonds. The van der Waals surface area contributed by atoms with E-state index in [4.69, 9.17) is 17.3 Å². The van der Waals surface area contributed by atoms with Gasteiger partial charge in [0.25, 0.3) is 0 Å². The SMILES string of the molecule is NC1CCCC(C(=O)Nc2cc(Cl)cc(C(F)(F)F)c2)C1. The molecule has 0 spiro atoms. The molecule has 1 aliphatic rings. The number of halogens is 4. The molecule has 1 aliphatic carbocycles. The third-order valence-electron chi connectivity index (χ3n) is 3.58. The van der Waals surface area contributed by atoms with Crippen LogP contribution in [0.15, 0.2) is 18.2 Å². The molecule has 0 saturated heterocycles. The molecule has 0 radical (unpaired) electrons. The predicted molar refractivity (Wildman–Crippen MR) is 75.0 cm³/mol. The minimum atomic E-state index is -4.50. The van der Waals surface area contributed by atoms with Crippen LogP contribution < -0.4 is 11.1 Å². The molecule has 2 atom stereocenters. The summed E-state index contributed by atoms with van der Waals surface area (Å²) in [5, 5.41) is 2.44. The molecule has 2 rings (SSSR count). The summed E-state index contributed by atoms with van der Waals surface area (Å²) >= 11 is 5.68. The number of benzene rings is 1. The predicted octanol–water partition coefficient (Wildman–Crippen LogP) is 3.81. The summed E-state index contributed by atoms with van der Waals surface area (Å²) in [6, 6.07) is 2.98. The second kappa shape index (κ2) is 6.23. The number of amides is 1. The fraction of sp³-hybridized carbons (Fsp3) is 0.500. The van der Waals surface area contributed by atoms with Crippen LogP contribution in [0, 0.1) is 5.92 Å². The Hall–Kier alpha value is -1.27. The first-order chi connectivity index (χ1) is 9.75. The summed E-state index contributed by atoms with van der Waals surface area (Å²) in [6.07, 6.45) is -1.52. The molecule has 1 saturated carbocycles. The third kappa shape index (κ3) is 4.35. The molecule has 1 aromatic carbocycles. The summed E-state index contributed by atoms with van der Waals surface area (Å²) in [6.45, 7) is 0. The topological polar surface area (TPSA) is 55.1 Å². The Morgan fingerprint density at radius 2 is 2.00 bits per heavy atom. The average molecular weight is 321 g/mol. The molecular weight excluding hydrogens is 305 g/mol. The van der Waals surface area contributed by atoms with Crippen molar-refractivity contribution in [1.82, 2.24) is 0 Å². The first-order valence-electron chi connectivity index (χ1n) is 6.70. The van der Waals surface area contributed by atoms with Crippen LogP contribution in [0.1, 0.15) is 31.2 Å². The van der Waals surface area contributed by atoms with Gasteiger partial charge in [-0.25, -0.2) is 0 Å². The van der Waals surface area contributed by atoms with Gasteiger partial charge < -0.3 is 11.1 Å². The molecule has 1 fully saturated rings. The van der Waals surface area contributed by atoms with Gasteiger partial charge in [-0.2, -0.15) is 13.2 Å². The lowest BCUT2D eigenvalue weighted by Crippen LogP contribution is -2.34. The Balaban J connectivity index is 2.12. The highest BCUT2D eigenvalue weighted by atomic mass is 35.5. The molecule has 1 aromatic rings. The van der Waals surface area contributed by atoms with Gasteiger partial charge in [0.15, 0.2) is 0 Å². The molecule has 0 bridgehead atoms. The van der Waals surface area contributed by atoms with E-state index < -0.39 is 11.7 Å². The lowest BCUT2D eigenvalue weighted by Gasteiger charge is -2.25. The number of nitrogens with two attached hydrogens (primary N) is 1. The van der Waals surface area contributed by atoms with E-state index in [9.17, 15) is 18.0 Å². The van der Waals surface area contributed by atoms with Crippen LogP contribution >= 0.6 is 11.6 Å². The van der Waals surface area contributed by atoms with E-state index in [0.717, 1.165) is 25.0 Å². The molecule has 0 heterocycles. The molecule has 0 aromatic heterocycles. The molecular formula is C14H16ClF3N2O. The van der Waals surface area contributed by atoms with Crippen LogP contribution in [0.4, 0.5) is 18.9 Å². The maximum absolute atomic E-state index is 12.7. The molecule has 21 heavy (non-hydrogen) atoms. The van der Waals surface area contributed by atoms with Crippen LogP contribution in [0.2, 0.25) is 5.02 Å². The van der Waals surface area contributed by atoms with Crippen molar-refractivity contribution in [1.29, 1.82) is 0 Å². The fourth-order valence-electron chi connectivity index (χ4n) is 2.54. The quantitative estimate of drug-likeness (QED) is 0.870. The van der Waals surface area contributed by atoms with E-state index in [1.807, 2.05) is 0 Å². The summed E-state index contributed by atoms with van der Waals surface area (Å²) in [4.78, 5) is 12.1. The average Bonchev–Trinajstić information content (AvgIpc) is 2.37. The summed E-state index contributed by atoms with van der Waals surface area (Å²) in [5.41, 5.74) is 4.98. The highest BCUT2D eigenvalue weighted by Crippen LogP contribution is 2.33. The normalized spacial score (nSPS) is 22.9. The molecule has 7 heteroatoms. The second-order valence-corrected chi connectivity index (χ2v) is 5.78. The van der Waals surface area contributed by atoms with Crippen molar-refractivity contribution in [3.8, 4) is 0 Å². The minimum absolute atomic E-state index is 0.0282. The summed E-state index contributed by atoms with van der Waals surface area (Å²) < 4.78 is 38.1. The van der Waals surface area contributed by atoms with Crippen LogP contribution in [0.25, 0.3) is 0 Å². The van der Waals surface area contributed by atoms with Crippen molar-refractivity contribution in [2.45, 2.75) is 37.9 Å². The van der Waals surface area contributed by atoms with Gasteiger partial charge in [-0.1, -0.05) is 18.0 Å². The van der Waals surface area contributed by atoms with E-state index >= 15 is 0 Å². The third-order valence-corrected chi connectivity index (χ3v) is 3.80. The van der Waals surface area contributed by atoms with E-state index in [0.29, 0.717) is 12.8 Å². The monoisotopic (exact) mass is 320 g/mol. The van der Waals surface area contributed by atoms with E-state index in [-0.39, 0.29) is 28.6 Å². The number of hydrogen-bond acceptors (Lipinski definition) is 2. The number of alkyl halides is 3. The zero-order valence-corrected chi connectivity index (χ0v) is 12.0. The molecule has 0 aliphatic heterocycles. The van der Waals surface area contributed by atoms with Crippen molar-refractivity contribution in [2.75, 3.05) is 5.32 Å². The van der Waals surface area contributed by atoms with Gasteiger partial charge in [0.2, 0.25) is 5.91 Å². The maximum atomic E-state index is 12.7. The summed E-state index contributed by atoms with van der Waals surface area (Å²) in [5.74, 6) is -0.567. The molecule has 116 valence electrons. The van der Waals surface area contributed by atoms with E-state index in [2.05, 4.69) is 5.32 Å². The largest absolute Gasteiger partial charge is 0.416 e. The van der Waals surface area contributed by atoms with Crippen molar-refractivity contribution in [2.24, 2.45) is 11.7 Å². The number of carbonyl (C=O) groups is 1. The van der Waals surface area contributed by atoms with Gasteiger partial charge in [0.1, 0.15) is 0 Å². The van der Waals surface area contributed by atoms with Gasteiger partial charge in [-0.3, -0.25) is 4.79 Å². The Kier molecular flexibility index (Phi) is 4.78. The molecule has 3 N–H and O–H groups in total. The lowest BCUT2D eigenvalue weighted by atomic mass is 9.85. The van der Waals surface area contributed by atoms with Gasteiger partial charge in [-0.15, -0.1) is 0 Å². The van der Waals surface area contributed by atoms with E-state index in [1.54, 1.807) is 0 Å². The lowest BCUT2D eigenvalue weighted by molar-refractivity contribution is -0.137. The number of hydrogen-bond donors (Lipinski definition) is 2. The highest BCUT2D eigenvalue weighted by molar-refractivity contribution is 6.31. The highest BCUT2D eigenvalue weighted by Gasteiger charge is 2.32. The zero-order chi connectivity index (χ0) is 15.6. The minimum Gasteiger partial charge on any atom is -0.328 e. The van der Waals surface area contributed by atoms with Crippen molar-refractivity contribution >= 4 is 23.2 Å². The van der Waals surface area contributed by atoms with Gasteiger partial charge in [0, 0.05) is 22.7 Å². The Bertz CT molecular complexity index is 533. The standard InChI is InChI=1S/C14H16ClF3N2O/c15-10-5-9(14(16,17)18)6-12(7-10)20-13(21)8-2-1-3-11(19)4-8/h5-8,11H,1-4,19H2,(H,20,21). The van der Waals surface area contributed by atoms with Gasteiger partial charge in [0.05, 0.1) is 5.56 Å². The van der Waals surface area contributed by atoms with Crippen LogP contribution in [0.5, 0.6) is 0 Å².